The Hall–Kier alpha value is -0.920. The molecule has 1 aliphatic rings. The molecule has 3 nitrogen and oxygen atoms in total. The maximum Gasteiger partial charge on any atom is 0.103 e. The van der Waals surface area contributed by atoms with Gasteiger partial charge in [0.2, 0.25) is 0 Å². The van der Waals surface area contributed by atoms with Crippen molar-refractivity contribution < 1.29 is 0 Å². The summed E-state index contributed by atoms with van der Waals surface area (Å²) in [4.78, 5) is 6.65. The minimum absolute atomic E-state index is 0. The lowest BCUT2D eigenvalue weighted by molar-refractivity contribution is 0.851. The predicted molar refractivity (Wildman–Crippen MR) is 75.2 cm³/mol. The van der Waals surface area contributed by atoms with Gasteiger partial charge < -0.3 is 4.90 Å². The van der Waals surface area contributed by atoms with Crippen molar-refractivity contribution in [3.05, 3.63) is 23.0 Å². The predicted octanol–water partition coefficient (Wildman–Crippen LogP) is 2.55. The standard InChI is InChI=1S/C12H15N3S.ClH/c1-9-7-12(11(8-13)10(2)14-9)15-3-5-16-6-4-15;/h7H,3-6H2,1-2H3;1H. The van der Waals surface area contributed by atoms with Crippen LogP contribution in [0.5, 0.6) is 0 Å². The molecule has 0 bridgehead atoms. The molecule has 0 atom stereocenters. The SMILES string of the molecule is Cc1cc(N2CCSCC2)c(C#N)c(C)n1.Cl. The van der Waals surface area contributed by atoms with Gasteiger partial charge in [-0.25, -0.2) is 0 Å². The van der Waals surface area contributed by atoms with E-state index in [1.54, 1.807) is 0 Å². The van der Waals surface area contributed by atoms with E-state index in [4.69, 9.17) is 0 Å². The van der Waals surface area contributed by atoms with Crippen molar-refractivity contribution in [3.8, 4) is 6.07 Å². The van der Waals surface area contributed by atoms with Crippen LogP contribution < -0.4 is 4.90 Å². The van der Waals surface area contributed by atoms with Gasteiger partial charge in [-0.1, -0.05) is 0 Å². The molecule has 0 amide bonds. The lowest BCUT2D eigenvalue weighted by atomic mass is 10.1. The highest BCUT2D eigenvalue weighted by Crippen LogP contribution is 2.25. The van der Waals surface area contributed by atoms with Crippen LogP contribution in [-0.2, 0) is 0 Å². The van der Waals surface area contributed by atoms with Crippen molar-refractivity contribution in [2.45, 2.75) is 13.8 Å². The molecule has 0 unspecified atom stereocenters. The summed E-state index contributed by atoms with van der Waals surface area (Å²) in [7, 11) is 0. The number of halogens is 1. The fourth-order valence-electron chi connectivity index (χ4n) is 2.00. The maximum absolute atomic E-state index is 9.20. The number of hydrogen-bond donors (Lipinski definition) is 0. The minimum Gasteiger partial charge on any atom is -0.369 e. The van der Waals surface area contributed by atoms with Gasteiger partial charge in [-0.05, 0) is 19.9 Å². The van der Waals surface area contributed by atoms with E-state index in [9.17, 15) is 5.26 Å². The number of aryl methyl sites for hydroxylation is 2. The number of hydrogen-bond acceptors (Lipinski definition) is 4. The van der Waals surface area contributed by atoms with Crippen molar-refractivity contribution in [2.75, 3.05) is 29.5 Å². The molecule has 0 spiro atoms. The number of rotatable bonds is 1. The van der Waals surface area contributed by atoms with E-state index in [0.717, 1.165) is 47.2 Å². The minimum atomic E-state index is 0. The first-order valence-electron chi connectivity index (χ1n) is 5.43. The van der Waals surface area contributed by atoms with Gasteiger partial charge in [0.25, 0.3) is 0 Å². The number of thioether (sulfide) groups is 1. The summed E-state index contributed by atoms with van der Waals surface area (Å²) in [5.41, 5.74) is 3.63. The van der Waals surface area contributed by atoms with Gasteiger partial charge in [-0.3, -0.25) is 4.98 Å². The summed E-state index contributed by atoms with van der Waals surface area (Å²) in [6.07, 6.45) is 0. The summed E-state index contributed by atoms with van der Waals surface area (Å²) in [6.45, 7) is 5.95. The zero-order chi connectivity index (χ0) is 11.5. The smallest absolute Gasteiger partial charge is 0.103 e. The first kappa shape index (κ1) is 14.1. The quantitative estimate of drug-likeness (QED) is 0.786. The molecule has 1 fully saturated rings. The van der Waals surface area contributed by atoms with E-state index in [2.05, 4.69) is 16.0 Å². The Morgan fingerprint density at radius 3 is 2.59 bits per heavy atom. The lowest BCUT2D eigenvalue weighted by Gasteiger charge is -2.29. The van der Waals surface area contributed by atoms with E-state index < -0.39 is 0 Å². The summed E-state index contributed by atoms with van der Waals surface area (Å²) in [6, 6.07) is 4.31. The normalized spacial score (nSPS) is 15.0. The second-order valence-corrected chi connectivity index (χ2v) is 5.18. The summed E-state index contributed by atoms with van der Waals surface area (Å²) in [5.74, 6) is 2.29. The summed E-state index contributed by atoms with van der Waals surface area (Å²) >= 11 is 1.97. The highest BCUT2D eigenvalue weighted by Gasteiger charge is 2.17. The van der Waals surface area contributed by atoms with Crippen LogP contribution in [0.25, 0.3) is 0 Å². The molecular formula is C12H16ClN3S. The van der Waals surface area contributed by atoms with Crippen LogP contribution in [0.1, 0.15) is 17.0 Å². The largest absolute Gasteiger partial charge is 0.369 e. The Bertz CT molecular complexity index is 436. The molecule has 0 aliphatic carbocycles. The monoisotopic (exact) mass is 269 g/mol. The number of aromatic nitrogens is 1. The molecule has 0 saturated carbocycles. The number of nitrogens with zero attached hydrogens (tertiary/aromatic N) is 3. The van der Waals surface area contributed by atoms with Gasteiger partial charge in [0, 0.05) is 30.3 Å². The van der Waals surface area contributed by atoms with E-state index in [1.807, 2.05) is 31.7 Å². The Balaban J connectivity index is 0.00000144. The molecule has 17 heavy (non-hydrogen) atoms. The highest BCUT2D eigenvalue weighted by molar-refractivity contribution is 7.99. The van der Waals surface area contributed by atoms with Crippen molar-refractivity contribution in [1.29, 1.82) is 5.26 Å². The second-order valence-electron chi connectivity index (χ2n) is 3.95. The van der Waals surface area contributed by atoms with Crippen LogP contribution in [0.4, 0.5) is 5.69 Å². The van der Waals surface area contributed by atoms with Crippen molar-refractivity contribution in [2.24, 2.45) is 0 Å². The zero-order valence-corrected chi connectivity index (χ0v) is 11.7. The number of anilines is 1. The van der Waals surface area contributed by atoms with Crippen LogP contribution in [-0.4, -0.2) is 29.6 Å². The van der Waals surface area contributed by atoms with Crippen LogP contribution in [0, 0.1) is 25.2 Å². The molecule has 1 aromatic rings. The second kappa shape index (κ2) is 6.13. The van der Waals surface area contributed by atoms with Gasteiger partial charge in [-0.15, -0.1) is 12.4 Å². The molecule has 1 aromatic heterocycles. The van der Waals surface area contributed by atoms with Gasteiger partial charge in [-0.2, -0.15) is 17.0 Å². The molecule has 0 radical (unpaired) electrons. The lowest BCUT2D eigenvalue weighted by Crippen LogP contribution is -2.33. The molecule has 0 N–H and O–H groups in total. The zero-order valence-electron chi connectivity index (χ0n) is 10.1. The van der Waals surface area contributed by atoms with Gasteiger partial charge in [0.1, 0.15) is 6.07 Å². The van der Waals surface area contributed by atoms with Crippen LogP contribution >= 0.6 is 24.2 Å². The first-order valence-corrected chi connectivity index (χ1v) is 6.59. The van der Waals surface area contributed by atoms with E-state index in [0.29, 0.717) is 0 Å². The van der Waals surface area contributed by atoms with E-state index in [-0.39, 0.29) is 12.4 Å². The van der Waals surface area contributed by atoms with Crippen LogP contribution in [0.3, 0.4) is 0 Å². The third-order valence-electron chi connectivity index (χ3n) is 2.77. The molecule has 1 saturated heterocycles. The number of pyridine rings is 1. The average molecular weight is 270 g/mol. The third kappa shape index (κ3) is 3.05. The van der Waals surface area contributed by atoms with Crippen LogP contribution in [0.2, 0.25) is 0 Å². The van der Waals surface area contributed by atoms with Crippen molar-refractivity contribution in [1.82, 2.24) is 4.98 Å². The Morgan fingerprint density at radius 1 is 1.35 bits per heavy atom. The Labute approximate surface area is 113 Å². The van der Waals surface area contributed by atoms with Gasteiger partial charge in [0.05, 0.1) is 16.9 Å². The fraction of sp³-hybridized carbons (Fsp3) is 0.500. The molecule has 92 valence electrons. The summed E-state index contributed by atoms with van der Waals surface area (Å²) in [5, 5.41) is 9.20. The van der Waals surface area contributed by atoms with E-state index in [1.165, 1.54) is 0 Å². The molecule has 0 aromatic carbocycles. The fourth-order valence-corrected chi connectivity index (χ4v) is 2.90. The van der Waals surface area contributed by atoms with Crippen LogP contribution in [0.15, 0.2) is 6.07 Å². The summed E-state index contributed by atoms with van der Waals surface area (Å²) < 4.78 is 0. The average Bonchev–Trinajstić information content (AvgIpc) is 2.29. The Kier molecular flexibility index (Phi) is 5.10. The molecule has 1 aliphatic heterocycles. The molecule has 2 rings (SSSR count). The highest BCUT2D eigenvalue weighted by atomic mass is 35.5. The van der Waals surface area contributed by atoms with Gasteiger partial charge >= 0.3 is 0 Å². The molecular weight excluding hydrogens is 254 g/mol. The van der Waals surface area contributed by atoms with Gasteiger partial charge in [0.15, 0.2) is 0 Å². The topological polar surface area (TPSA) is 39.9 Å². The first-order chi connectivity index (χ1) is 7.72. The molecule has 2 heterocycles. The number of nitriles is 1. The maximum atomic E-state index is 9.20. The van der Waals surface area contributed by atoms with E-state index >= 15 is 0 Å². The van der Waals surface area contributed by atoms with Crippen molar-refractivity contribution >= 4 is 29.9 Å². The van der Waals surface area contributed by atoms with Crippen molar-refractivity contribution in [3.63, 3.8) is 0 Å². The third-order valence-corrected chi connectivity index (χ3v) is 3.71. The Morgan fingerprint density at radius 2 is 2.00 bits per heavy atom. The molecule has 5 heteroatoms.